The van der Waals surface area contributed by atoms with Gasteiger partial charge in [-0.15, -0.1) is 0 Å². The zero-order chi connectivity index (χ0) is 19.1. The lowest BCUT2D eigenvalue weighted by atomic mass is 9.95. The second kappa shape index (κ2) is 9.48. The van der Waals surface area contributed by atoms with Crippen LogP contribution >= 0.6 is 23.2 Å². The van der Waals surface area contributed by atoms with E-state index >= 15 is 0 Å². The predicted octanol–water partition coefficient (Wildman–Crippen LogP) is 3.49. The molecule has 0 amide bonds. The maximum Gasteiger partial charge on any atom is 0.337 e. The smallest absolute Gasteiger partial charge is 0.337 e. The highest BCUT2D eigenvalue weighted by Crippen LogP contribution is 2.24. The summed E-state index contributed by atoms with van der Waals surface area (Å²) in [5.41, 5.74) is 2.99. The summed E-state index contributed by atoms with van der Waals surface area (Å²) < 4.78 is 4.48. The van der Waals surface area contributed by atoms with Gasteiger partial charge in [0, 0.05) is 12.1 Å². The van der Waals surface area contributed by atoms with Crippen LogP contribution in [0, 0.1) is 0 Å². The quantitative estimate of drug-likeness (QED) is 0.638. The molecule has 1 atom stereocenters. The van der Waals surface area contributed by atoms with Gasteiger partial charge < -0.3 is 10.1 Å². The van der Waals surface area contributed by atoms with E-state index in [0.29, 0.717) is 11.1 Å². The van der Waals surface area contributed by atoms with E-state index < -0.39 is 11.2 Å². The fraction of sp³-hybridized carbons (Fsp3) is 0.211. The molecule has 0 bridgehead atoms. The zero-order valence-corrected chi connectivity index (χ0v) is 15.5. The molecule has 1 N–H and O–H groups in total. The van der Waals surface area contributed by atoms with Crippen LogP contribution in [-0.2, 0) is 16.0 Å². The Hall–Kier alpha value is -2.21. The Morgan fingerprint density at radius 3 is 2.19 bits per heavy atom. The Morgan fingerprint density at radius 1 is 1.00 bits per heavy atom. The number of benzene rings is 2. The van der Waals surface area contributed by atoms with E-state index in [0.717, 1.165) is 18.5 Å². The first-order valence-corrected chi connectivity index (χ1v) is 8.58. The second-order valence-corrected chi connectivity index (χ2v) is 6.20. The number of nitrogens with one attached hydrogen (secondary N) is 1. The summed E-state index contributed by atoms with van der Waals surface area (Å²) in [6.45, 7) is 0.820. The van der Waals surface area contributed by atoms with Gasteiger partial charge in [0.2, 0.25) is 5.24 Å². The monoisotopic (exact) mass is 393 g/mol. The third-order valence-electron chi connectivity index (χ3n) is 3.87. The molecule has 3 rings (SSSR count). The Labute approximate surface area is 161 Å². The molecular weight excluding hydrogens is 377 g/mol. The standard InChI is InChI=1S/C10H10ClNO.C9H7ClO3/c11-10(13)9-8-4-2-1-3-7(8)5-6-12-9;1-13-9(12)7-4-2-6(3-5-7)8(10)11/h1-4,9,12H,5-6H2;2-5H,1H3. The van der Waals surface area contributed by atoms with Crippen LogP contribution in [0.5, 0.6) is 0 Å². The van der Waals surface area contributed by atoms with Crippen LogP contribution in [0.3, 0.4) is 0 Å². The summed E-state index contributed by atoms with van der Waals surface area (Å²) in [5.74, 6) is -0.437. The lowest BCUT2D eigenvalue weighted by Gasteiger charge is -2.23. The molecule has 7 heteroatoms. The first-order valence-electron chi connectivity index (χ1n) is 7.82. The Morgan fingerprint density at radius 2 is 1.62 bits per heavy atom. The molecule has 0 saturated heterocycles. The summed E-state index contributed by atoms with van der Waals surface area (Å²) in [5, 5.41) is 2.22. The van der Waals surface area contributed by atoms with Crippen molar-refractivity contribution in [1.82, 2.24) is 5.32 Å². The van der Waals surface area contributed by atoms with Gasteiger partial charge in [0.25, 0.3) is 5.24 Å². The van der Waals surface area contributed by atoms with Gasteiger partial charge in [-0.1, -0.05) is 24.3 Å². The van der Waals surface area contributed by atoms with E-state index in [-0.39, 0.29) is 11.3 Å². The number of carbonyl (C=O) groups excluding carboxylic acids is 3. The van der Waals surface area contributed by atoms with E-state index in [1.807, 2.05) is 24.3 Å². The Balaban J connectivity index is 0.000000187. The number of ether oxygens (including phenoxy) is 1. The molecule has 2 aromatic rings. The first kappa shape index (κ1) is 20.1. The van der Waals surface area contributed by atoms with Crippen LogP contribution in [0.25, 0.3) is 0 Å². The van der Waals surface area contributed by atoms with E-state index in [1.165, 1.54) is 36.9 Å². The van der Waals surface area contributed by atoms with Crippen molar-refractivity contribution < 1.29 is 19.1 Å². The van der Waals surface area contributed by atoms with Crippen molar-refractivity contribution in [2.45, 2.75) is 12.5 Å². The van der Waals surface area contributed by atoms with Gasteiger partial charge in [-0.25, -0.2) is 4.79 Å². The predicted molar refractivity (Wildman–Crippen MR) is 99.7 cm³/mol. The highest BCUT2D eigenvalue weighted by molar-refractivity contribution is 6.67. The fourth-order valence-corrected chi connectivity index (χ4v) is 2.88. The minimum absolute atomic E-state index is 0.313. The van der Waals surface area contributed by atoms with E-state index in [9.17, 15) is 14.4 Å². The van der Waals surface area contributed by atoms with Crippen molar-refractivity contribution in [3.05, 3.63) is 70.8 Å². The van der Waals surface area contributed by atoms with Gasteiger partial charge in [-0.05, 0) is 65.0 Å². The minimum Gasteiger partial charge on any atom is -0.465 e. The maximum absolute atomic E-state index is 11.1. The molecule has 0 saturated carbocycles. The van der Waals surface area contributed by atoms with Crippen LogP contribution < -0.4 is 5.32 Å². The van der Waals surface area contributed by atoms with Crippen molar-refractivity contribution in [3.63, 3.8) is 0 Å². The molecule has 1 aliphatic heterocycles. The number of esters is 1. The van der Waals surface area contributed by atoms with E-state index in [2.05, 4.69) is 10.1 Å². The summed E-state index contributed by atoms with van der Waals surface area (Å²) in [4.78, 5) is 32.7. The third-order valence-corrected chi connectivity index (χ3v) is 4.31. The van der Waals surface area contributed by atoms with Crippen molar-refractivity contribution >= 4 is 39.7 Å². The molecule has 2 aromatic carbocycles. The molecule has 5 nitrogen and oxygen atoms in total. The van der Waals surface area contributed by atoms with E-state index in [1.54, 1.807) is 0 Å². The first-order chi connectivity index (χ1) is 12.4. The van der Waals surface area contributed by atoms with Gasteiger partial charge in [0.05, 0.1) is 12.7 Å². The lowest BCUT2D eigenvalue weighted by molar-refractivity contribution is -0.113. The van der Waals surface area contributed by atoms with Crippen LogP contribution in [0.1, 0.15) is 37.9 Å². The van der Waals surface area contributed by atoms with Crippen LogP contribution in [0.2, 0.25) is 0 Å². The van der Waals surface area contributed by atoms with Gasteiger partial charge in [-0.3, -0.25) is 9.59 Å². The number of carbonyl (C=O) groups is 3. The van der Waals surface area contributed by atoms with Gasteiger partial charge in [0.1, 0.15) is 6.04 Å². The van der Waals surface area contributed by atoms with Crippen LogP contribution in [0.15, 0.2) is 48.5 Å². The topological polar surface area (TPSA) is 72.5 Å². The number of hydrogen-bond acceptors (Lipinski definition) is 5. The van der Waals surface area contributed by atoms with Gasteiger partial charge >= 0.3 is 5.97 Å². The number of halogens is 2. The molecule has 26 heavy (non-hydrogen) atoms. The normalized spacial score (nSPS) is 15.1. The number of hydrogen-bond donors (Lipinski definition) is 1. The Kier molecular flexibility index (Phi) is 7.33. The molecule has 0 aromatic heterocycles. The molecule has 1 heterocycles. The third kappa shape index (κ3) is 5.14. The average molecular weight is 394 g/mol. The van der Waals surface area contributed by atoms with Crippen molar-refractivity contribution in [1.29, 1.82) is 0 Å². The molecule has 1 aliphatic rings. The average Bonchev–Trinajstić information content (AvgIpc) is 2.67. The van der Waals surface area contributed by atoms with Crippen LogP contribution in [-0.4, -0.2) is 30.1 Å². The summed E-state index contributed by atoms with van der Waals surface area (Å²) in [6, 6.07) is 13.5. The van der Waals surface area contributed by atoms with Gasteiger partial charge in [-0.2, -0.15) is 0 Å². The van der Waals surface area contributed by atoms with Gasteiger partial charge in [0.15, 0.2) is 0 Å². The van der Waals surface area contributed by atoms with Crippen LogP contribution in [0.4, 0.5) is 0 Å². The molecular formula is C19H17Cl2NO4. The largest absolute Gasteiger partial charge is 0.465 e. The molecule has 0 aliphatic carbocycles. The number of fused-ring (bicyclic) bond motifs is 1. The van der Waals surface area contributed by atoms with Crippen molar-refractivity contribution in [2.75, 3.05) is 13.7 Å². The van der Waals surface area contributed by atoms with Crippen molar-refractivity contribution in [2.24, 2.45) is 0 Å². The zero-order valence-electron chi connectivity index (χ0n) is 14.0. The summed E-state index contributed by atoms with van der Waals surface area (Å²) in [6.07, 6.45) is 0.969. The SMILES string of the molecule is COC(=O)c1ccc(C(=O)Cl)cc1.O=C(Cl)C1NCCc2ccccc21. The van der Waals surface area contributed by atoms with E-state index in [4.69, 9.17) is 23.2 Å². The van der Waals surface area contributed by atoms with Crippen molar-refractivity contribution in [3.8, 4) is 0 Å². The molecule has 0 fully saturated rings. The Bertz CT molecular complexity index is 805. The highest BCUT2D eigenvalue weighted by Gasteiger charge is 2.23. The summed E-state index contributed by atoms with van der Waals surface area (Å²) >= 11 is 10.7. The minimum atomic E-state index is -0.545. The highest BCUT2D eigenvalue weighted by atomic mass is 35.5. The number of rotatable bonds is 3. The second-order valence-electron chi connectivity index (χ2n) is 5.48. The fourth-order valence-electron chi connectivity index (χ4n) is 2.56. The molecule has 1 unspecified atom stereocenters. The molecule has 136 valence electrons. The molecule has 0 radical (unpaired) electrons. The lowest BCUT2D eigenvalue weighted by Crippen LogP contribution is -2.33. The maximum atomic E-state index is 11.1. The number of methoxy groups -OCH3 is 1. The summed E-state index contributed by atoms with van der Waals surface area (Å²) in [7, 11) is 1.29. The molecule has 0 spiro atoms.